The minimum atomic E-state index is 0.00456. The van der Waals surface area contributed by atoms with E-state index in [1.807, 2.05) is 53.4 Å². The van der Waals surface area contributed by atoms with Crippen LogP contribution in [0.25, 0.3) is 0 Å². The summed E-state index contributed by atoms with van der Waals surface area (Å²) >= 11 is 0. The van der Waals surface area contributed by atoms with Crippen LogP contribution in [0.2, 0.25) is 0 Å². The van der Waals surface area contributed by atoms with Gasteiger partial charge in [0.2, 0.25) is 5.91 Å². The molecule has 0 aromatic heterocycles. The molecule has 148 valence electrons. The van der Waals surface area contributed by atoms with Crippen molar-refractivity contribution in [2.75, 3.05) is 27.3 Å². The molecule has 2 aromatic rings. The second-order valence-corrected chi connectivity index (χ2v) is 7.06. The largest absolute Gasteiger partial charge is 0.497 e. The molecule has 0 unspecified atom stereocenters. The number of methoxy groups -OCH3 is 2. The molecule has 1 aliphatic rings. The average molecular weight is 381 g/mol. The minimum Gasteiger partial charge on any atom is -0.497 e. The molecule has 2 aromatic carbocycles. The van der Waals surface area contributed by atoms with E-state index in [-0.39, 0.29) is 17.6 Å². The fraction of sp³-hybridized carbons (Fsp3) is 0.391. The summed E-state index contributed by atoms with van der Waals surface area (Å²) < 4.78 is 10.7. The van der Waals surface area contributed by atoms with Crippen molar-refractivity contribution >= 4 is 11.7 Å². The number of amides is 1. The average Bonchev–Trinajstić information content (AvgIpc) is 2.77. The van der Waals surface area contributed by atoms with Crippen LogP contribution in [-0.4, -0.2) is 43.9 Å². The molecule has 28 heavy (non-hydrogen) atoms. The highest BCUT2D eigenvalue weighted by Crippen LogP contribution is 2.26. The Morgan fingerprint density at radius 2 is 1.71 bits per heavy atom. The molecule has 1 amide bonds. The van der Waals surface area contributed by atoms with Crippen molar-refractivity contribution in [3.05, 3.63) is 59.7 Å². The topological polar surface area (TPSA) is 55.8 Å². The van der Waals surface area contributed by atoms with Gasteiger partial charge in [-0.25, -0.2) is 0 Å². The van der Waals surface area contributed by atoms with E-state index < -0.39 is 0 Å². The Morgan fingerprint density at radius 3 is 2.36 bits per heavy atom. The summed E-state index contributed by atoms with van der Waals surface area (Å²) in [4.78, 5) is 27.1. The fourth-order valence-corrected chi connectivity index (χ4v) is 3.71. The molecule has 0 atom stereocenters. The monoisotopic (exact) mass is 381 g/mol. The van der Waals surface area contributed by atoms with Crippen LogP contribution in [-0.2, 0) is 11.2 Å². The van der Waals surface area contributed by atoms with Gasteiger partial charge in [-0.3, -0.25) is 9.59 Å². The van der Waals surface area contributed by atoms with Gasteiger partial charge in [0.1, 0.15) is 11.5 Å². The van der Waals surface area contributed by atoms with Gasteiger partial charge in [-0.15, -0.1) is 0 Å². The van der Waals surface area contributed by atoms with Gasteiger partial charge in [0.25, 0.3) is 0 Å². The molecule has 0 aliphatic carbocycles. The summed E-state index contributed by atoms with van der Waals surface area (Å²) in [5, 5.41) is 0. The Labute approximate surface area is 166 Å². The summed E-state index contributed by atoms with van der Waals surface area (Å²) in [7, 11) is 3.25. The van der Waals surface area contributed by atoms with Crippen LogP contribution in [0.4, 0.5) is 0 Å². The maximum Gasteiger partial charge on any atom is 0.222 e. The molecule has 0 radical (unpaired) electrons. The van der Waals surface area contributed by atoms with E-state index in [1.165, 1.54) is 0 Å². The predicted octanol–water partition coefficient (Wildman–Crippen LogP) is 3.76. The van der Waals surface area contributed by atoms with E-state index in [9.17, 15) is 9.59 Å². The van der Waals surface area contributed by atoms with Gasteiger partial charge in [-0.1, -0.05) is 30.3 Å². The Hall–Kier alpha value is -2.82. The number of carbonyl (C=O) groups is 2. The number of aryl methyl sites for hydroxylation is 1. The lowest BCUT2D eigenvalue weighted by Crippen LogP contribution is -2.40. The van der Waals surface area contributed by atoms with E-state index in [0.29, 0.717) is 25.9 Å². The van der Waals surface area contributed by atoms with E-state index in [0.717, 1.165) is 35.5 Å². The van der Waals surface area contributed by atoms with Crippen LogP contribution in [0.15, 0.2) is 48.5 Å². The summed E-state index contributed by atoms with van der Waals surface area (Å²) in [6.07, 6.45) is 2.47. The van der Waals surface area contributed by atoms with Gasteiger partial charge in [0, 0.05) is 31.0 Å². The molecule has 0 spiro atoms. The van der Waals surface area contributed by atoms with Crippen LogP contribution in [0.1, 0.15) is 35.2 Å². The van der Waals surface area contributed by atoms with Gasteiger partial charge >= 0.3 is 0 Å². The maximum atomic E-state index is 12.6. The molecule has 1 saturated heterocycles. The van der Waals surface area contributed by atoms with Crippen molar-refractivity contribution in [1.82, 2.24) is 4.90 Å². The molecular weight excluding hydrogens is 354 g/mol. The SMILES string of the molecule is COc1ccc(OC)c(CCC(=O)N2CCC(C(=O)c3ccccc3)CC2)c1. The van der Waals surface area contributed by atoms with Gasteiger partial charge in [0.15, 0.2) is 5.78 Å². The zero-order chi connectivity index (χ0) is 19.9. The molecule has 1 aliphatic heterocycles. The van der Waals surface area contributed by atoms with Crippen LogP contribution >= 0.6 is 0 Å². The van der Waals surface area contributed by atoms with Crippen molar-refractivity contribution in [2.45, 2.75) is 25.7 Å². The molecule has 0 bridgehead atoms. The number of benzene rings is 2. The highest BCUT2D eigenvalue weighted by atomic mass is 16.5. The third-order valence-electron chi connectivity index (χ3n) is 5.37. The lowest BCUT2D eigenvalue weighted by molar-refractivity contribution is -0.132. The number of hydrogen-bond acceptors (Lipinski definition) is 4. The molecule has 1 heterocycles. The van der Waals surface area contributed by atoms with E-state index in [2.05, 4.69) is 0 Å². The summed E-state index contributed by atoms with van der Waals surface area (Å²) in [5.41, 5.74) is 1.72. The van der Waals surface area contributed by atoms with E-state index >= 15 is 0 Å². The fourth-order valence-electron chi connectivity index (χ4n) is 3.71. The van der Waals surface area contributed by atoms with Crippen LogP contribution < -0.4 is 9.47 Å². The second-order valence-electron chi connectivity index (χ2n) is 7.06. The smallest absolute Gasteiger partial charge is 0.222 e. The zero-order valence-electron chi connectivity index (χ0n) is 16.5. The van der Waals surface area contributed by atoms with Crippen molar-refractivity contribution in [3.8, 4) is 11.5 Å². The van der Waals surface area contributed by atoms with Crippen molar-refractivity contribution in [2.24, 2.45) is 5.92 Å². The van der Waals surface area contributed by atoms with Crippen molar-refractivity contribution < 1.29 is 19.1 Å². The quantitative estimate of drug-likeness (QED) is 0.686. The number of carbonyl (C=O) groups excluding carboxylic acids is 2. The number of piperidine rings is 1. The lowest BCUT2D eigenvalue weighted by atomic mass is 9.88. The van der Waals surface area contributed by atoms with Gasteiger partial charge in [-0.2, -0.15) is 0 Å². The third-order valence-corrected chi connectivity index (χ3v) is 5.37. The van der Waals surface area contributed by atoms with Crippen LogP contribution in [0.3, 0.4) is 0 Å². The van der Waals surface area contributed by atoms with Gasteiger partial charge in [-0.05, 0) is 43.0 Å². The Balaban J connectivity index is 1.52. The first-order valence-corrected chi connectivity index (χ1v) is 9.70. The number of Topliss-reactive ketones (excluding diaryl/α,β-unsaturated/α-hetero) is 1. The normalized spacial score (nSPS) is 14.6. The summed E-state index contributed by atoms with van der Waals surface area (Å²) in [6.45, 7) is 1.27. The Bertz CT molecular complexity index is 811. The second kappa shape index (κ2) is 9.40. The maximum absolute atomic E-state index is 12.6. The molecule has 3 rings (SSSR count). The van der Waals surface area contributed by atoms with Gasteiger partial charge < -0.3 is 14.4 Å². The molecule has 1 fully saturated rings. The minimum absolute atomic E-state index is 0.00456. The first-order valence-electron chi connectivity index (χ1n) is 9.70. The highest BCUT2D eigenvalue weighted by Gasteiger charge is 2.27. The summed E-state index contributed by atoms with van der Waals surface area (Å²) in [5.74, 6) is 1.83. The van der Waals surface area contributed by atoms with Crippen LogP contribution in [0.5, 0.6) is 11.5 Å². The number of ether oxygens (including phenoxy) is 2. The number of rotatable bonds is 7. The first-order chi connectivity index (χ1) is 13.6. The van der Waals surface area contributed by atoms with E-state index in [4.69, 9.17) is 9.47 Å². The van der Waals surface area contributed by atoms with Crippen LogP contribution in [0, 0.1) is 5.92 Å². The highest BCUT2D eigenvalue weighted by molar-refractivity contribution is 5.98. The molecule has 5 heteroatoms. The van der Waals surface area contributed by atoms with Crippen molar-refractivity contribution in [3.63, 3.8) is 0 Å². The zero-order valence-corrected chi connectivity index (χ0v) is 16.5. The van der Waals surface area contributed by atoms with Gasteiger partial charge in [0.05, 0.1) is 14.2 Å². The number of likely N-dealkylation sites (tertiary alicyclic amines) is 1. The third kappa shape index (κ3) is 4.71. The lowest BCUT2D eigenvalue weighted by Gasteiger charge is -2.31. The first kappa shape index (κ1) is 19.9. The Morgan fingerprint density at radius 1 is 1.00 bits per heavy atom. The molecule has 5 nitrogen and oxygen atoms in total. The van der Waals surface area contributed by atoms with Crippen molar-refractivity contribution in [1.29, 1.82) is 0 Å². The molecule has 0 saturated carbocycles. The summed E-state index contributed by atoms with van der Waals surface area (Å²) in [6, 6.07) is 15.0. The Kier molecular flexibility index (Phi) is 6.69. The molecule has 0 N–H and O–H groups in total. The number of nitrogens with zero attached hydrogens (tertiary/aromatic N) is 1. The number of hydrogen-bond donors (Lipinski definition) is 0. The van der Waals surface area contributed by atoms with E-state index in [1.54, 1.807) is 14.2 Å². The number of ketones is 1. The predicted molar refractivity (Wildman–Crippen MR) is 108 cm³/mol. The molecular formula is C23H27NO4. The standard InChI is InChI=1S/C23H27NO4/c1-27-20-9-10-21(28-2)19(16-20)8-11-22(25)24-14-12-18(13-15-24)23(26)17-6-4-3-5-7-17/h3-7,9-10,16,18H,8,11-15H2,1-2H3.